The first-order valence-electron chi connectivity index (χ1n) is 8.82. The summed E-state index contributed by atoms with van der Waals surface area (Å²) in [4.78, 5) is 0. The van der Waals surface area contributed by atoms with E-state index in [0.717, 1.165) is 0 Å². The molecule has 2 atom stereocenters. The van der Waals surface area contributed by atoms with Gasteiger partial charge in [0.1, 0.15) is 0 Å². The molecule has 29 heteroatoms. The van der Waals surface area contributed by atoms with Gasteiger partial charge in [-0.3, -0.25) is 0 Å². The van der Waals surface area contributed by atoms with Crippen LogP contribution in [0.15, 0.2) is 23.8 Å². The third-order valence-electron chi connectivity index (χ3n) is 3.94. The molecule has 1 nitrogen and oxygen atoms in total. The fraction of sp³-hybridized carbons (Fsp3) is 0.733. The maximum Gasteiger partial charge on any atom is 0.448 e. The fourth-order valence-corrected chi connectivity index (χ4v) is 1.72. The molecule has 0 amide bonds. The molecule has 0 aromatic rings. The average Bonchev–Trinajstić information content (AvgIpc) is 2.77. The molecule has 0 spiro atoms. The smallest absolute Gasteiger partial charge is 0.393 e. The summed E-state index contributed by atoms with van der Waals surface area (Å²) in [6.45, 7) is -3.17. The lowest BCUT2D eigenvalue weighted by molar-refractivity contribution is -0.384. The standard InChI is InChI=1S/C7H4F12O.C5F10.C3F6/c8-2(3(9,1-20)5(11,12)13)4(10,6(14,15)16)7(17,18)19;6-1(2(7)8)3(9,4(10,11)12)5(13,14)15;4-1(2(5)6)3(7,8)9/h2,20H,1H2;;. The summed E-state index contributed by atoms with van der Waals surface area (Å²) in [6, 6.07) is 0. The van der Waals surface area contributed by atoms with Crippen LogP contribution in [0, 0.1) is 0 Å². The van der Waals surface area contributed by atoms with Crippen molar-refractivity contribution in [1.82, 2.24) is 0 Å². The molecule has 0 fully saturated rings. The van der Waals surface area contributed by atoms with E-state index in [1.54, 1.807) is 0 Å². The normalized spacial score (nSPS) is 16.0. The van der Waals surface area contributed by atoms with Crippen LogP contribution in [0.3, 0.4) is 0 Å². The molecule has 0 radical (unpaired) electrons. The lowest BCUT2D eigenvalue weighted by atomic mass is 9.86. The maximum atomic E-state index is 13.0. The highest BCUT2D eigenvalue weighted by Crippen LogP contribution is 2.55. The van der Waals surface area contributed by atoms with Gasteiger partial charge in [0.25, 0.3) is 11.5 Å². The van der Waals surface area contributed by atoms with Gasteiger partial charge in [0.05, 0.1) is 6.61 Å². The van der Waals surface area contributed by atoms with E-state index in [1.807, 2.05) is 0 Å². The summed E-state index contributed by atoms with van der Waals surface area (Å²) in [6.07, 6.45) is -53.6. The zero-order chi connectivity index (χ0) is 37.1. The Morgan fingerprint density at radius 2 is 0.705 bits per heavy atom. The molecule has 0 saturated carbocycles. The number of halogens is 28. The van der Waals surface area contributed by atoms with Gasteiger partial charge in [-0.15, -0.1) is 0 Å². The summed E-state index contributed by atoms with van der Waals surface area (Å²) in [7, 11) is 0. The molecular weight excluding hydrogens is 728 g/mol. The number of hydrogen-bond acceptors (Lipinski definition) is 1. The maximum absolute atomic E-state index is 13.0. The lowest BCUT2D eigenvalue weighted by Crippen LogP contribution is -2.69. The van der Waals surface area contributed by atoms with Crippen LogP contribution in [0.5, 0.6) is 0 Å². The van der Waals surface area contributed by atoms with Crippen molar-refractivity contribution >= 4 is 0 Å². The van der Waals surface area contributed by atoms with Crippen molar-refractivity contribution in [3.63, 3.8) is 0 Å². The van der Waals surface area contributed by atoms with Crippen molar-refractivity contribution in [1.29, 1.82) is 0 Å². The molecule has 0 aliphatic rings. The van der Waals surface area contributed by atoms with Gasteiger partial charge < -0.3 is 5.11 Å². The Morgan fingerprint density at radius 3 is 0.795 bits per heavy atom. The Balaban J connectivity index is -0.000000616. The Labute approximate surface area is 220 Å². The van der Waals surface area contributed by atoms with E-state index in [2.05, 4.69) is 0 Å². The van der Waals surface area contributed by atoms with Crippen molar-refractivity contribution in [2.75, 3.05) is 6.61 Å². The van der Waals surface area contributed by atoms with Gasteiger partial charge in [0, 0.05) is 0 Å². The van der Waals surface area contributed by atoms with Crippen LogP contribution in [-0.4, -0.2) is 71.9 Å². The highest BCUT2D eigenvalue weighted by atomic mass is 19.4. The molecule has 0 aliphatic carbocycles. The van der Waals surface area contributed by atoms with Crippen LogP contribution in [0.25, 0.3) is 0 Å². The van der Waals surface area contributed by atoms with E-state index >= 15 is 0 Å². The third kappa shape index (κ3) is 9.74. The predicted octanol–water partition coefficient (Wildman–Crippen LogP) is 9.94. The molecule has 266 valence electrons. The first kappa shape index (κ1) is 45.9. The molecule has 0 rings (SSSR count). The van der Waals surface area contributed by atoms with Crippen molar-refractivity contribution in [2.24, 2.45) is 0 Å². The minimum absolute atomic E-state index is 3.17. The number of alkyl halides is 22. The highest BCUT2D eigenvalue weighted by molar-refractivity contribution is 5.18. The Bertz CT molecular complexity index is 945. The first-order chi connectivity index (χ1) is 18.7. The Morgan fingerprint density at radius 1 is 0.432 bits per heavy atom. The van der Waals surface area contributed by atoms with E-state index in [0.29, 0.717) is 0 Å². The van der Waals surface area contributed by atoms with Crippen LogP contribution < -0.4 is 0 Å². The zero-order valence-electron chi connectivity index (χ0n) is 18.8. The second-order valence-electron chi connectivity index (χ2n) is 6.89. The molecule has 0 aliphatic heterocycles. The molecule has 0 aromatic carbocycles. The largest absolute Gasteiger partial charge is 0.448 e. The van der Waals surface area contributed by atoms with Gasteiger partial charge >= 0.3 is 60.6 Å². The van der Waals surface area contributed by atoms with E-state index in [1.165, 1.54) is 0 Å². The van der Waals surface area contributed by atoms with E-state index < -0.39 is 90.7 Å². The number of allylic oxidation sites excluding steroid dienone is 2. The fourth-order valence-electron chi connectivity index (χ4n) is 1.72. The number of rotatable bonds is 4. The van der Waals surface area contributed by atoms with Gasteiger partial charge in [0.2, 0.25) is 5.83 Å². The minimum Gasteiger partial charge on any atom is -0.393 e. The summed E-state index contributed by atoms with van der Waals surface area (Å²) >= 11 is 0. The highest BCUT2D eigenvalue weighted by Gasteiger charge is 2.84. The average molecular weight is 732 g/mol. The van der Waals surface area contributed by atoms with Gasteiger partial charge in [-0.25, -0.2) is 22.0 Å². The van der Waals surface area contributed by atoms with Crippen molar-refractivity contribution < 1.29 is 128 Å². The first-order valence-corrected chi connectivity index (χ1v) is 8.82. The van der Waals surface area contributed by atoms with Crippen LogP contribution in [-0.2, 0) is 0 Å². The molecular formula is C15H4F28O. The third-order valence-corrected chi connectivity index (χ3v) is 3.94. The number of hydrogen-bond donors (Lipinski definition) is 1. The molecule has 0 bridgehead atoms. The summed E-state index contributed by atoms with van der Waals surface area (Å²) in [5.74, 6) is -7.54. The van der Waals surface area contributed by atoms with Crippen molar-refractivity contribution in [2.45, 2.75) is 60.2 Å². The molecule has 44 heavy (non-hydrogen) atoms. The van der Waals surface area contributed by atoms with E-state index in [-0.39, 0.29) is 0 Å². The predicted molar refractivity (Wildman–Crippen MR) is 80.5 cm³/mol. The molecule has 2 unspecified atom stereocenters. The number of aliphatic hydroxyl groups is 1. The molecule has 1 N–H and O–H groups in total. The minimum atomic E-state index is -7.23. The van der Waals surface area contributed by atoms with Gasteiger partial charge in [0.15, 0.2) is 6.17 Å². The molecule has 0 saturated heterocycles. The monoisotopic (exact) mass is 732 g/mol. The lowest BCUT2D eigenvalue weighted by Gasteiger charge is -2.39. The van der Waals surface area contributed by atoms with Crippen molar-refractivity contribution in [3.05, 3.63) is 23.8 Å². The molecule has 0 aromatic heterocycles. The number of aliphatic hydroxyl groups excluding tert-OH is 1. The van der Waals surface area contributed by atoms with Gasteiger partial charge in [-0.1, -0.05) is 0 Å². The van der Waals surface area contributed by atoms with Crippen LogP contribution in [0.2, 0.25) is 0 Å². The Hall–Kier alpha value is -2.52. The van der Waals surface area contributed by atoms with Crippen LogP contribution in [0.4, 0.5) is 123 Å². The van der Waals surface area contributed by atoms with E-state index in [4.69, 9.17) is 5.11 Å². The topological polar surface area (TPSA) is 20.2 Å². The van der Waals surface area contributed by atoms with E-state index in [9.17, 15) is 123 Å². The van der Waals surface area contributed by atoms with Crippen LogP contribution >= 0.6 is 0 Å². The second-order valence-corrected chi connectivity index (χ2v) is 6.89. The summed E-state index contributed by atoms with van der Waals surface area (Å²) < 4.78 is 327. The van der Waals surface area contributed by atoms with Gasteiger partial charge in [-0.2, -0.15) is 101 Å². The summed E-state index contributed by atoms with van der Waals surface area (Å²) in [5.41, 5.74) is -19.9. The molecule has 0 heterocycles. The quantitative estimate of drug-likeness (QED) is 0.286. The van der Waals surface area contributed by atoms with Crippen LogP contribution in [0.1, 0.15) is 0 Å². The summed E-state index contributed by atoms with van der Waals surface area (Å²) in [5, 5.41) is 7.95. The van der Waals surface area contributed by atoms with Gasteiger partial charge in [-0.05, 0) is 0 Å². The Kier molecular flexibility index (Phi) is 14.5. The second kappa shape index (κ2) is 13.9. The zero-order valence-corrected chi connectivity index (χ0v) is 18.8. The van der Waals surface area contributed by atoms with Crippen molar-refractivity contribution in [3.8, 4) is 0 Å². The SMILES string of the molecule is FC(F)=C(F)C(F)(C(F)(F)F)C(F)(F)F.FC(F)=C(F)C(F)(F)F.OCC(F)(C(F)C(F)(C(F)(F)F)C(F)(F)F)C(F)(F)F.